The normalized spacial score (nSPS) is 13.5. The molecule has 0 aromatic heterocycles. The predicted octanol–water partition coefficient (Wildman–Crippen LogP) is 3.86. The molecule has 112 valence electrons. The molecule has 0 saturated heterocycles. The summed E-state index contributed by atoms with van der Waals surface area (Å²) < 4.78 is 11.5. The Morgan fingerprint density at radius 1 is 1.05 bits per heavy atom. The zero-order valence-corrected chi connectivity index (χ0v) is 12.9. The van der Waals surface area contributed by atoms with Crippen LogP contribution in [0.25, 0.3) is 0 Å². The fraction of sp³-hybridized carbons (Fsp3) is 0.333. The van der Waals surface area contributed by atoms with E-state index in [4.69, 9.17) is 15.2 Å². The monoisotopic (exact) mass is 285 g/mol. The number of hydrogen-bond donors (Lipinski definition) is 1. The van der Waals surface area contributed by atoms with Crippen LogP contribution in [-0.2, 0) is 0 Å². The van der Waals surface area contributed by atoms with Crippen LogP contribution in [0.4, 0.5) is 0 Å². The van der Waals surface area contributed by atoms with Crippen LogP contribution in [-0.4, -0.2) is 13.2 Å². The van der Waals surface area contributed by atoms with Crippen molar-refractivity contribution in [3.8, 4) is 11.5 Å². The molecule has 0 amide bonds. The maximum atomic E-state index is 6.27. The number of methoxy groups -OCH3 is 1. The molecule has 2 unspecified atom stereocenters. The summed E-state index contributed by atoms with van der Waals surface area (Å²) in [6, 6.07) is 15.9. The molecule has 0 aliphatic heterocycles. The number of nitrogens with two attached hydrogens (primary N) is 1. The van der Waals surface area contributed by atoms with Crippen molar-refractivity contribution in [3.63, 3.8) is 0 Å². The van der Waals surface area contributed by atoms with Crippen LogP contribution >= 0.6 is 0 Å². The van der Waals surface area contributed by atoms with Crippen LogP contribution in [0, 0.1) is 6.92 Å². The zero-order chi connectivity index (χ0) is 15.2. The van der Waals surface area contributed by atoms with Gasteiger partial charge in [0.2, 0.25) is 0 Å². The van der Waals surface area contributed by atoms with Gasteiger partial charge in [-0.25, -0.2) is 0 Å². The number of ether oxygens (including phenoxy) is 2. The molecule has 0 aliphatic carbocycles. The van der Waals surface area contributed by atoms with Gasteiger partial charge in [0, 0.05) is 6.04 Å². The lowest BCUT2D eigenvalue weighted by molar-refractivity contribution is 0.164. The van der Waals surface area contributed by atoms with E-state index in [-0.39, 0.29) is 12.1 Å². The number of benzene rings is 2. The lowest BCUT2D eigenvalue weighted by atomic mass is 9.99. The lowest BCUT2D eigenvalue weighted by Crippen LogP contribution is -2.31. The summed E-state index contributed by atoms with van der Waals surface area (Å²) in [5.74, 6) is 1.44. The van der Waals surface area contributed by atoms with E-state index in [1.165, 1.54) is 5.56 Å². The van der Waals surface area contributed by atoms with E-state index in [0.29, 0.717) is 0 Å². The van der Waals surface area contributed by atoms with Crippen molar-refractivity contribution in [2.45, 2.75) is 32.4 Å². The number of hydrogen-bond acceptors (Lipinski definition) is 3. The van der Waals surface area contributed by atoms with Gasteiger partial charge in [0.1, 0.15) is 6.10 Å². The van der Waals surface area contributed by atoms with Crippen molar-refractivity contribution < 1.29 is 9.47 Å². The Balaban J connectivity index is 2.33. The number of aryl methyl sites for hydroxylation is 1. The van der Waals surface area contributed by atoms with E-state index in [2.05, 4.69) is 32.0 Å². The second kappa shape index (κ2) is 7.14. The SMILES string of the molecule is CCC(N)C(Oc1ccccc1OC)c1cccc(C)c1. The molecule has 0 fully saturated rings. The van der Waals surface area contributed by atoms with Crippen LogP contribution in [0.5, 0.6) is 11.5 Å². The average Bonchev–Trinajstić information content (AvgIpc) is 2.52. The van der Waals surface area contributed by atoms with E-state index < -0.39 is 0 Å². The molecule has 0 bridgehead atoms. The van der Waals surface area contributed by atoms with Crippen LogP contribution in [0.1, 0.15) is 30.6 Å². The van der Waals surface area contributed by atoms with E-state index in [9.17, 15) is 0 Å². The number of para-hydroxylation sites is 2. The zero-order valence-electron chi connectivity index (χ0n) is 12.9. The Bertz CT molecular complexity index is 583. The molecule has 0 spiro atoms. The van der Waals surface area contributed by atoms with Crippen molar-refractivity contribution in [2.24, 2.45) is 5.73 Å². The molecule has 3 heteroatoms. The minimum absolute atomic E-state index is 0.0725. The third kappa shape index (κ3) is 3.76. The summed E-state index contributed by atoms with van der Waals surface area (Å²) in [7, 11) is 1.64. The van der Waals surface area contributed by atoms with Crippen LogP contribution < -0.4 is 15.2 Å². The predicted molar refractivity (Wildman–Crippen MR) is 85.8 cm³/mol. The summed E-state index contributed by atoms with van der Waals surface area (Å²) in [5, 5.41) is 0. The molecule has 2 aromatic carbocycles. The topological polar surface area (TPSA) is 44.5 Å². The van der Waals surface area contributed by atoms with Crippen LogP contribution in [0.2, 0.25) is 0 Å². The van der Waals surface area contributed by atoms with Crippen molar-refractivity contribution >= 4 is 0 Å². The first-order valence-corrected chi connectivity index (χ1v) is 7.27. The molecule has 0 heterocycles. The summed E-state index contributed by atoms with van der Waals surface area (Å²) >= 11 is 0. The van der Waals surface area contributed by atoms with Gasteiger partial charge < -0.3 is 15.2 Å². The van der Waals surface area contributed by atoms with E-state index >= 15 is 0 Å². The lowest BCUT2D eigenvalue weighted by Gasteiger charge is -2.26. The second-order valence-electron chi connectivity index (χ2n) is 5.18. The van der Waals surface area contributed by atoms with Gasteiger partial charge in [-0.15, -0.1) is 0 Å². The minimum atomic E-state index is -0.189. The molecule has 0 radical (unpaired) electrons. The van der Waals surface area contributed by atoms with E-state index in [1.54, 1.807) is 7.11 Å². The summed E-state index contributed by atoms with van der Waals surface area (Å²) in [5.41, 5.74) is 8.56. The highest BCUT2D eigenvalue weighted by Crippen LogP contribution is 2.32. The summed E-state index contributed by atoms with van der Waals surface area (Å²) in [4.78, 5) is 0. The standard InChI is InChI=1S/C18H23NO2/c1-4-15(19)18(14-9-7-8-13(2)12-14)21-17-11-6-5-10-16(17)20-3/h5-12,15,18H,4,19H2,1-3H3. The molecule has 2 atom stereocenters. The quantitative estimate of drug-likeness (QED) is 0.876. The largest absolute Gasteiger partial charge is 0.493 e. The van der Waals surface area contributed by atoms with Gasteiger partial charge in [0.15, 0.2) is 11.5 Å². The Labute approximate surface area is 126 Å². The highest BCUT2D eigenvalue weighted by atomic mass is 16.5. The molecular weight excluding hydrogens is 262 g/mol. The first-order valence-electron chi connectivity index (χ1n) is 7.27. The third-order valence-corrected chi connectivity index (χ3v) is 3.55. The van der Waals surface area contributed by atoms with E-state index in [1.807, 2.05) is 30.3 Å². The number of rotatable bonds is 6. The molecule has 2 N–H and O–H groups in total. The minimum Gasteiger partial charge on any atom is -0.493 e. The van der Waals surface area contributed by atoms with Gasteiger partial charge in [0.05, 0.1) is 7.11 Å². The molecule has 2 aromatic rings. The van der Waals surface area contributed by atoms with E-state index in [0.717, 1.165) is 23.5 Å². The highest BCUT2D eigenvalue weighted by molar-refractivity contribution is 5.40. The van der Waals surface area contributed by atoms with Gasteiger partial charge in [-0.2, -0.15) is 0 Å². The van der Waals surface area contributed by atoms with Gasteiger partial charge in [-0.05, 0) is 31.0 Å². The molecule has 0 saturated carbocycles. The molecule has 2 rings (SSSR count). The first kappa shape index (κ1) is 15.4. The molecule has 3 nitrogen and oxygen atoms in total. The molecule has 21 heavy (non-hydrogen) atoms. The maximum Gasteiger partial charge on any atom is 0.162 e. The smallest absolute Gasteiger partial charge is 0.162 e. The second-order valence-corrected chi connectivity index (χ2v) is 5.18. The van der Waals surface area contributed by atoms with Crippen LogP contribution in [0.3, 0.4) is 0 Å². The van der Waals surface area contributed by atoms with Crippen molar-refractivity contribution in [3.05, 3.63) is 59.7 Å². The fourth-order valence-electron chi connectivity index (χ4n) is 2.32. The van der Waals surface area contributed by atoms with Gasteiger partial charge in [-0.1, -0.05) is 48.9 Å². The summed E-state index contributed by atoms with van der Waals surface area (Å²) in [6.07, 6.45) is 0.652. The van der Waals surface area contributed by atoms with Gasteiger partial charge >= 0.3 is 0 Å². The maximum absolute atomic E-state index is 6.27. The van der Waals surface area contributed by atoms with Crippen molar-refractivity contribution in [1.82, 2.24) is 0 Å². The Morgan fingerprint density at radius 3 is 2.38 bits per heavy atom. The van der Waals surface area contributed by atoms with Crippen molar-refractivity contribution in [2.75, 3.05) is 7.11 Å². The highest BCUT2D eigenvalue weighted by Gasteiger charge is 2.22. The molecule has 0 aliphatic rings. The molecular formula is C18H23NO2. The van der Waals surface area contributed by atoms with Crippen LogP contribution in [0.15, 0.2) is 48.5 Å². The Kier molecular flexibility index (Phi) is 5.23. The Hall–Kier alpha value is -2.00. The first-order chi connectivity index (χ1) is 10.2. The Morgan fingerprint density at radius 2 is 1.76 bits per heavy atom. The summed E-state index contributed by atoms with van der Waals surface area (Å²) in [6.45, 7) is 4.14. The third-order valence-electron chi connectivity index (χ3n) is 3.55. The van der Waals surface area contributed by atoms with Gasteiger partial charge in [-0.3, -0.25) is 0 Å². The van der Waals surface area contributed by atoms with Gasteiger partial charge in [0.25, 0.3) is 0 Å². The van der Waals surface area contributed by atoms with Crippen molar-refractivity contribution in [1.29, 1.82) is 0 Å². The average molecular weight is 285 g/mol. The fourth-order valence-corrected chi connectivity index (χ4v) is 2.32.